The highest BCUT2D eigenvalue weighted by Crippen LogP contribution is 2.27. The first-order chi connectivity index (χ1) is 10.6. The summed E-state index contributed by atoms with van der Waals surface area (Å²) in [5.74, 6) is 0.176. The molecule has 0 aliphatic heterocycles. The molecule has 0 N–H and O–H groups in total. The van der Waals surface area contributed by atoms with Gasteiger partial charge in [-0.15, -0.1) is 0 Å². The number of carbonyl (C=O) groups is 2. The van der Waals surface area contributed by atoms with Gasteiger partial charge in [-0.05, 0) is 30.2 Å². The Bertz CT molecular complexity index is 535. The van der Waals surface area contributed by atoms with E-state index in [2.05, 4.69) is 0 Å². The van der Waals surface area contributed by atoms with Crippen LogP contribution >= 0.6 is 0 Å². The van der Waals surface area contributed by atoms with E-state index in [1.807, 2.05) is 6.92 Å². The van der Waals surface area contributed by atoms with Gasteiger partial charge in [-0.3, -0.25) is 4.79 Å². The Morgan fingerprint density at radius 1 is 1.09 bits per heavy atom. The highest BCUT2D eigenvalue weighted by atomic mass is 16.7. The zero-order chi connectivity index (χ0) is 16.4. The van der Waals surface area contributed by atoms with E-state index < -0.39 is 5.97 Å². The fourth-order valence-corrected chi connectivity index (χ4v) is 1.60. The predicted molar refractivity (Wildman–Crippen MR) is 80.5 cm³/mol. The molecule has 6 nitrogen and oxygen atoms in total. The van der Waals surface area contributed by atoms with Gasteiger partial charge in [0.05, 0.1) is 14.2 Å². The standard InChI is InChI=1S/C16H20O6/c1-4-5-15(17)21-11-22-16(18)9-7-12-6-8-13(19-2)14(10-12)20-3/h6-10H,4-5,11H2,1-3H3/b9-7+. The normalized spacial score (nSPS) is 10.3. The van der Waals surface area contributed by atoms with E-state index in [1.54, 1.807) is 31.4 Å². The van der Waals surface area contributed by atoms with Crippen LogP contribution in [0.15, 0.2) is 24.3 Å². The van der Waals surface area contributed by atoms with E-state index >= 15 is 0 Å². The minimum absolute atomic E-state index is 0.305. The Hall–Kier alpha value is -2.50. The van der Waals surface area contributed by atoms with Crippen molar-refractivity contribution in [1.29, 1.82) is 0 Å². The van der Waals surface area contributed by atoms with Crippen LogP contribution in [0.25, 0.3) is 6.08 Å². The number of benzene rings is 1. The Morgan fingerprint density at radius 2 is 1.82 bits per heavy atom. The van der Waals surface area contributed by atoms with E-state index in [1.165, 1.54) is 13.2 Å². The third-order valence-electron chi connectivity index (χ3n) is 2.69. The fraction of sp³-hybridized carbons (Fsp3) is 0.375. The molecule has 0 radical (unpaired) electrons. The van der Waals surface area contributed by atoms with E-state index in [4.69, 9.17) is 18.9 Å². The highest BCUT2D eigenvalue weighted by molar-refractivity contribution is 5.87. The molecule has 0 heterocycles. The monoisotopic (exact) mass is 308 g/mol. The summed E-state index contributed by atoms with van der Waals surface area (Å²) >= 11 is 0. The van der Waals surface area contributed by atoms with E-state index in [0.29, 0.717) is 24.3 Å². The molecule has 0 aromatic heterocycles. The maximum absolute atomic E-state index is 11.5. The largest absolute Gasteiger partial charge is 0.493 e. The molecule has 22 heavy (non-hydrogen) atoms. The molecule has 0 unspecified atom stereocenters. The molecule has 0 aliphatic rings. The van der Waals surface area contributed by atoms with Gasteiger partial charge in [-0.1, -0.05) is 13.0 Å². The summed E-state index contributed by atoms with van der Waals surface area (Å²) in [6, 6.07) is 5.23. The van der Waals surface area contributed by atoms with Crippen LogP contribution in [-0.2, 0) is 19.1 Å². The third-order valence-corrected chi connectivity index (χ3v) is 2.69. The van der Waals surface area contributed by atoms with Crippen molar-refractivity contribution in [2.24, 2.45) is 0 Å². The summed E-state index contributed by atoms with van der Waals surface area (Å²) in [4.78, 5) is 22.6. The van der Waals surface area contributed by atoms with Crippen molar-refractivity contribution < 1.29 is 28.5 Å². The number of carbonyl (C=O) groups excluding carboxylic acids is 2. The lowest BCUT2D eigenvalue weighted by atomic mass is 10.2. The molecule has 0 spiro atoms. The average Bonchev–Trinajstić information content (AvgIpc) is 2.52. The number of esters is 2. The van der Waals surface area contributed by atoms with Crippen molar-refractivity contribution >= 4 is 18.0 Å². The molecule has 1 aromatic carbocycles. The molecule has 0 bridgehead atoms. The maximum Gasteiger partial charge on any atom is 0.333 e. The quantitative estimate of drug-likeness (QED) is 0.417. The second-order valence-corrected chi connectivity index (χ2v) is 4.30. The molecular formula is C16H20O6. The van der Waals surface area contributed by atoms with Crippen LogP contribution in [0.1, 0.15) is 25.3 Å². The van der Waals surface area contributed by atoms with Crippen molar-refractivity contribution in [2.45, 2.75) is 19.8 Å². The van der Waals surface area contributed by atoms with Gasteiger partial charge in [0.2, 0.25) is 6.79 Å². The summed E-state index contributed by atoms with van der Waals surface area (Å²) in [6.07, 6.45) is 3.80. The van der Waals surface area contributed by atoms with Crippen LogP contribution in [0.5, 0.6) is 11.5 Å². The van der Waals surface area contributed by atoms with Crippen molar-refractivity contribution in [3.8, 4) is 11.5 Å². The van der Waals surface area contributed by atoms with Gasteiger partial charge in [-0.25, -0.2) is 4.79 Å². The van der Waals surface area contributed by atoms with Gasteiger partial charge in [0.15, 0.2) is 11.5 Å². The summed E-state index contributed by atoms with van der Waals surface area (Å²) in [6.45, 7) is 1.48. The van der Waals surface area contributed by atoms with Gasteiger partial charge in [0.25, 0.3) is 0 Å². The van der Waals surface area contributed by atoms with Crippen LogP contribution in [0.2, 0.25) is 0 Å². The average molecular weight is 308 g/mol. The molecule has 120 valence electrons. The Balaban J connectivity index is 2.50. The minimum Gasteiger partial charge on any atom is -0.493 e. The first kappa shape index (κ1) is 17.6. The van der Waals surface area contributed by atoms with Crippen molar-refractivity contribution in [1.82, 2.24) is 0 Å². The molecule has 0 saturated heterocycles. The Morgan fingerprint density at radius 3 is 2.45 bits per heavy atom. The number of rotatable bonds is 8. The van der Waals surface area contributed by atoms with Gasteiger partial charge in [0.1, 0.15) is 0 Å². The Labute approximate surface area is 129 Å². The molecule has 1 rings (SSSR count). The summed E-state index contributed by atoms with van der Waals surface area (Å²) in [5, 5.41) is 0. The van der Waals surface area contributed by atoms with Crippen molar-refractivity contribution in [3.05, 3.63) is 29.8 Å². The van der Waals surface area contributed by atoms with Crippen LogP contribution in [0, 0.1) is 0 Å². The van der Waals surface area contributed by atoms with Crippen LogP contribution in [0.4, 0.5) is 0 Å². The Kier molecular flexibility index (Phi) is 7.53. The number of hydrogen-bond acceptors (Lipinski definition) is 6. The number of hydrogen-bond donors (Lipinski definition) is 0. The molecule has 0 amide bonds. The first-order valence-corrected chi connectivity index (χ1v) is 6.83. The van der Waals surface area contributed by atoms with Crippen LogP contribution < -0.4 is 9.47 Å². The maximum atomic E-state index is 11.5. The second kappa shape index (κ2) is 9.44. The first-order valence-electron chi connectivity index (χ1n) is 6.83. The third kappa shape index (κ3) is 5.87. The molecule has 0 fully saturated rings. The van der Waals surface area contributed by atoms with Crippen molar-refractivity contribution in [2.75, 3.05) is 21.0 Å². The van der Waals surface area contributed by atoms with E-state index in [9.17, 15) is 9.59 Å². The van der Waals surface area contributed by atoms with Crippen LogP contribution in [0.3, 0.4) is 0 Å². The molecular weight excluding hydrogens is 288 g/mol. The lowest BCUT2D eigenvalue weighted by molar-refractivity contribution is -0.163. The highest BCUT2D eigenvalue weighted by Gasteiger charge is 2.04. The molecule has 0 atom stereocenters. The van der Waals surface area contributed by atoms with Gasteiger partial charge in [0, 0.05) is 12.5 Å². The summed E-state index contributed by atoms with van der Waals surface area (Å²) in [7, 11) is 3.08. The lowest BCUT2D eigenvalue weighted by Crippen LogP contribution is -2.10. The fourth-order valence-electron chi connectivity index (χ4n) is 1.60. The molecule has 1 aromatic rings. The topological polar surface area (TPSA) is 71.1 Å². The van der Waals surface area contributed by atoms with Crippen LogP contribution in [-0.4, -0.2) is 33.0 Å². The summed E-state index contributed by atoms with van der Waals surface area (Å²) < 4.78 is 19.8. The van der Waals surface area contributed by atoms with Crippen molar-refractivity contribution in [3.63, 3.8) is 0 Å². The zero-order valence-electron chi connectivity index (χ0n) is 13.0. The lowest BCUT2D eigenvalue weighted by Gasteiger charge is -2.07. The molecule has 6 heteroatoms. The molecule has 0 saturated carbocycles. The zero-order valence-corrected chi connectivity index (χ0v) is 13.0. The SMILES string of the molecule is CCCC(=O)OCOC(=O)/C=C/c1ccc(OC)c(OC)c1. The predicted octanol–water partition coefficient (Wildman–Crippen LogP) is 2.56. The molecule has 0 aliphatic carbocycles. The van der Waals surface area contributed by atoms with Gasteiger partial charge in [-0.2, -0.15) is 0 Å². The van der Waals surface area contributed by atoms with Gasteiger partial charge >= 0.3 is 11.9 Å². The minimum atomic E-state index is -0.598. The number of ether oxygens (including phenoxy) is 4. The van der Waals surface area contributed by atoms with E-state index in [-0.39, 0.29) is 12.8 Å². The smallest absolute Gasteiger partial charge is 0.333 e. The second-order valence-electron chi connectivity index (χ2n) is 4.30. The van der Waals surface area contributed by atoms with Gasteiger partial charge < -0.3 is 18.9 Å². The summed E-state index contributed by atoms with van der Waals surface area (Å²) in [5.41, 5.74) is 0.748. The van der Waals surface area contributed by atoms with E-state index in [0.717, 1.165) is 5.56 Å². The number of methoxy groups -OCH3 is 2.